The van der Waals surface area contributed by atoms with E-state index in [1.54, 1.807) is 18.2 Å². The van der Waals surface area contributed by atoms with Gasteiger partial charge in [0.1, 0.15) is 5.75 Å². The minimum Gasteiger partial charge on any atom is -0.492 e. The van der Waals surface area contributed by atoms with E-state index in [2.05, 4.69) is 10.9 Å². The van der Waals surface area contributed by atoms with Crippen LogP contribution in [0, 0.1) is 0 Å². The molecule has 0 radical (unpaired) electrons. The standard InChI is InChI=1S/C22H20Cl2N2O3/c23-17-10-11-20(19(24)14-17)29-12-4-9-21(27)25-26-22(28)13-16-7-3-6-15-5-1-2-8-18(15)16/h1-3,5-8,10-11,14H,4,9,12-13H2,(H,25,27)(H,26,28). The second-order valence-electron chi connectivity index (χ2n) is 6.44. The summed E-state index contributed by atoms with van der Waals surface area (Å²) in [4.78, 5) is 24.1. The molecule has 0 saturated heterocycles. The summed E-state index contributed by atoms with van der Waals surface area (Å²) in [5.74, 6) is -0.0548. The van der Waals surface area contributed by atoms with Gasteiger partial charge in [0.15, 0.2) is 0 Å². The van der Waals surface area contributed by atoms with Crippen LogP contribution in [0.15, 0.2) is 60.7 Å². The number of hydrogen-bond donors (Lipinski definition) is 2. The lowest BCUT2D eigenvalue weighted by Crippen LogP contribution is -2.42. The van der Waals surface area contributed by atoms with Crippen molar-refractivity contribution in [2.75, 3.05) is 6.61 Å². The van der Waals surface area contributed by atoms with Crippen LogP contribution in [0.1, 0.15) is 18.4 Å². The highest BCUT2D eigenvalue weighted by Crippen LogP contribution is 2.27. The predicted molar refractivity (Wildman–Crippen MR) is 115 cm³/mol. The van der Waals surface area contributed by atoms with Gasteiger partial charge < -0.3 is 4.74 Å². The molecule has 2 N–H and O–H groups in total. The number of carbonyl (C=O) groups is 2. The van der Waals surface area contributed by atoms with Gasteiger partial charge >= 0.3 is 0 Å². The molecule has 0 atom stereocenters. The van der Waals surface area contributed by atoms with Gasteiger partial charge in [-0.05, 0) is 41.0 Å². The van der Waals surface area contributed by atoms with Crippen molar-refractivity contribution in [2.24, 2.45) is 0 Å². The van der Waals surface area contributed by atoms with Gasteiger partial charge in [0.2, 0.25) is 11.8 Å². The van der Waals surface area contributed by atoms with Crippen molar-refractivity contribution in [3.63, 3.8) is 0 Å². The lowest BCUT2D eigenvalue weighted by molar-refractivity contribution is -0.128. The maximum Gasteiger partial charge on any atom is 0.242 e. The summed E-state index contributed by atoms with van der Waals surface area (Å²) >= 11 is 11.9. The highest BCUT2D eigenvalue weighted by Gasteiger charge is 2.09. The second-order valence-corrected chi connectivity index (χ2v) is 7.28. The molecular weight excluding hydrogens is 411 g/mol. The van der Waals surface area contributed by atoms with Crippen LogP contribution >= 0.6 is 23.2 Å². The first kappa shape index (κ1) is 21.0. The summed E-state index contributed by atoms with van der Waals surface area (Å²) in [6.07, 6.45) is 0.865. The van der Waals surface area contributed by atoms with Crippen LogP contribution in [-0.4, -0.2) is 18.4 Å². The highest BCUT2D eigenvalue weighted by molar-refractivity contribution is 6.35. The number of ether oxygens (including phenoxy) is 1. The molecule has 3 aromatic rings. The van der Waals surface area contributed by atoms with E-state index in [0.717, 1.165) is 16.3 Å². The van der Waals surface area contributed by atoms with Crippen molar-refractivity contribution in [2.45, 2.75) is 19.3 Å². The molecule has 0 aliphatic heterocycles. The Morgan fingerprint density at radius 2 is 1.66 bits per heavy atom. The fraction of sp³-hybridized carbons (Fsp3) is 0.182. The Kier molecular flexibility index (Phi) is 7.33. The summed E-state index contributed by atoms with van der Waals surface area (Å²) in [5.41, 5.74) is 5.79. The summed E-state index contributed by atoms with van der Waals surface area (Å²) < 4.78 is 5.53. The quantitative estimate of drug-likeness (QED) is 0.421. The summed E-state index contributed by atoms with van der Waals surface area (Å²) in [6.45, 7) is 0.318. The van der Waals surface area contributed by atoms with Crippen molar-refractivity contribution < 1.29 is 14.3 Å². The summed E-state index contributed by atoms with van der Waals surface area (Å²) in [7, 11) is 0. The zero-order valence-electron chi connectivity index (χ0n) is 15.6. The molecule has 3 aromatic carbocycles. The van der Waals surface area contributed by atoms with Crippen LogP contribution in [0.5, 0.6) is 5.75 Å². The molecule has 0 aromatic heterocycles. The van der Waals surface area contributed by atoms with E-state index in [1.165, 1.54) is 0 Å². The topological polar surface area (TPSA) is 67.4 Å². The highest BCUT2D eigenvalue weighted by atomic mass is 35.5. The van der Waals surface area contributed by atoms with Crippen molar-refractivity contribution in [3.05, 3.63) is 76.3 Å². The van der Waals surface area contributed by atoms with E-state index in [-0.39, 0.29) is 24.7 Å². The number of nitrogens with one attached hydrogen (secondary N) is 2. The van der Waals surface area contributed by atoms with E-state index in [1.807, 2.05) is 42.5 Å². The Hall–Kier alpha value is -2.76. The molecule has 5 nitrogen and oxygen atoms in total. The van der Waals surface area contributed by atoms with E-state index in [4.69, 9.17) is 27.9 Å². The first-order valence-electron chi connectivity index (χ1n) is 9.15. The maximum absolute atomic E-state index is 12.2. The lowest BCUT2D eigenvalue weighted by atomic mass is 10.0. The van der Waals surface area contributed by atoms with E-state index >= 15 is 0 Å². The van der Waals surface area contributed by atoms with Crippen LogP contribution in [-0.2, 0) is 16.0 Å². The molecule has 3 rings (SSSR count). The molecule has 0 bridgehead atoms. The number of benzene rings is 3. The van der Waals surface area contributed by atoms with Gasteiger partial charge in [-0.25, -0.2) is 0 Å². The first-order valence-corrected chi connectivity index (χ1v) is 9.91. The molecule has 29 heavy (non-hydrogen) atoms. The summed E-state index contributed by atoms with van der Waals surface area (Å²) in [6, 6.07) is 18.6. The second kappa shape index (κ2) is 10.1. The normalized spacial score (nSPS) is 10.6. The molecule has 0 aliphatic rings. The zero-order chi connectivity index (χ0) is 20.6. The van der Waals surface area contributed by atoms with Crippen molar-refractivity contribution in [1.29, 1.82) is 0 Å². The number of hydrazine groups is 1. The summed E-state index contributed by atoms with van der Waals surface area (Å²) in [5, 5.41) is 3.04. The van der Waals surface area contributed by atoms with Gasteiger partial charge in [-0.3, -0.25) is 20.4 Å². The Balaban J connectivity index is 1.39. The molecule has 7 heteroatoms. The minimum absolute atomic E-state index is 0.180. The molecule has 0 saturated carbocycles. The smallest absolute Gasteiger partial charge is 0.242 e. The van der Waals surface area contributed by atoms with Crippen LogP contribution in [0.4, 0.5) is 0 Å². The zero-order valence-corrected chi connectivity index (χ0v) is 17.1. The Labute approximate surface area is 178 Å². The van der Waals surface area contributed by atoms with Crippen LogP contribution in [0.2, 0.25) is 10.0 Å². The van der Waals surface area contributed by atoms with Crippen LogP contribution < -0.4 is 15.6 Å². The van der Waals surface area contributed by atoms with E-state index in [0.29, 0.717) is 28.8 Å². The van der Waals surface area contributed by atoms with Crippen LogP contribution in [0.3, 0.4) is 0 Å². The van der Waals surface area contributed by atoms with Crippen molar-refractivity contribution in [3.8, 4) is 5.75 Å². The first-order chi connectivity index (χ1) is 14.0. The Bertz CT molecular complexity index is 1020. The fourth-order valence-corrected chi connectivity index (χ4v) is 3.34. The van der Waals surface area contributed by atoms with Gasteiger partial charge in [-0.1, -0.05) is 65.7 Å². The number of carbonyl (C=O) groups excluding carboxylic acids is 2. The van der Waals surface area contributed by atoms with Crippen LogP contribution in [0.25, 0.3) is 10.8 Å². The number of rotatable bonds is 7. The third-order valence-corrected chi connectivity index (χ3v) is 4.80. The van der Waals surface area contributed by atoms with Gasteiger partial charge in [0.05, 0.1) is 18.1 Å². The lowest BCUT2D eigenvalue weighted by Gasteiger charge is -2.10. The number of hydrogen-bond acceptors (Lipinski definition) is 3. The molecule has 2 amide bonds. The maximum atomic E-state index is 12.2. The average Bonchev–Trinajstić information content (AvgIpc) is 2.71. The van der Waals surface area contributed by atoms with Gasteiger partial charge in [0.25, 0.3) is 0 Å². The predicted octanol–water partition coefficient (Wildman–Crippen LogP) is 4.70. The van der Waals surface area contributed by atoms with Crippen molar-refractivity contribution in [1.82, 2.24) is 10.9 Å². The molecule has 0 heterocycles. The van der Waals surface area contributed by atoms with Gasteiger partial charge in [-0.2, -0.15) is 0 Å². The van der Waals surface area contributed by atoms with E-state index in [9.17, 15) is 9.59 Å². The monoisotopic (exact) mass is 430 g/mol. The number of halogens is 2. The van der Waals surface area contributed by atoms with Gasteiger partial charge in [0, 0.05) is 11.4 Å². The third kappa shape index (κ3) is 6.11. The molecule has 0 spiro atoms. The number of amides is 2. The molecular formula is C22H20Cl2N2O3. The Morgan fingerprint density at radius 3 is 2.48 bits per heavy atom. The average molecular weight is 431 g/mol. The largest absolute Gasteiger partial charge is 0.492 e. The molecule has 0 aliphatic carbocycles. The molecule has 150 valence electrons. The van der Waals surface area contributed by atoms with Gasteiger partial charge in [-0.15, -0.1) is 0 Å². The van der Waals surface area contributed by atoms with Crippen molar-refractivity contribution >= 4 is 45.8 Å². The Morgan fingerprint density at radius 1 is 0.897 bits per heavy atom. The van der Waals surface area contributed by atoms with E-state index < -0.39 is 0 Å². The SMILES string of the molecule is O=C(CCCOc1ccc(Cl)cc1Cl)NNC(=O)Cc1cccc2ccccc12. The molecule has 0 fully saturated rings. The number of fused-ring (bicyclic) bond motifs is 1. The minimum atomic E-state index is -0.290. The third-order valence-electron chi connectivity index (χ3n) is 4.27. The molecule has 0 unspecified atom stereocenters. The fourth-order valence-electron chi connectivity index (χ4n) is 2.87.